The van der Waals surface area contributed by atoms with Crippen LogP contribution in [0.25, 0.3) is 5.52 Å². The van der Waals surface area contributed by atoms with Crippen LogP contribution in [0.2, 0.25) is 0 Å². The molecule has 2 aromatic heterocycles. The predicted molar refractivity (Wildman–Crippen MR) is 58.4 cm³/mol. The fourth-order valence-corrected chi connectivity index (χ4v) is 1.77. The van der Waals surface area contributed by atoms with Crippen molar-refractivity contribution in [1.82, 2.24) is 9.38 Å². The second-order valence-corrected chi connectivity index (χ2v) is 3.92. The van der Waals surface area contributed by atoms with E-state index >= 15 is 0 Å². The highest BCUT2D eigenvalue weighted by atomic mass is 15.1. The first-order chi connectivity index (χ1) is 6.61. The van der Waals surface area contributed by atoms with E-state index in [2.05, 4.69) is 36.2 Å². The number of nitrogens with zero attached hydrogens (tertiary/aromatic N) is 2. The molecule has 0 saturated heterocycles. The van der Waals surface area contributed by atoms with Crippen molar-refractivity contribution < 1.29 is 0 Å². The maximum Gasteiger partial charge on any atom is 0.150 e. The summed E-state index contributed by atoms with van der Waals surface area (Å²) in [5, 5.41) is 0. The van der Waals surface area contributed by atoms with Crippen LogP contribution in [-0.4, -0.2) is 9.38 Å². The number of imidazole rings is 1. The largest absolute Gasteiger partial charge is 0.382 e. The van der Waals surface area contributed by atoms with Crippen LogP contribution in [0.1, 0.15) is 31.2 Å². The van der Waals surface area contributed by atoms with Gasteiger partial charge in [0, 0.05) is 12.1 Å². The van der Waals surface area contributed by atoms with Gasteiger partial charge in [0.05, 0.1) is 5.52 Å². The highest BCUT2D eigenvalue weighted by Crippen LogP contribution is 2.23. The number of nitrogens with two attached hydrogens (primary N) is 1. The lowest BCUT2D eigenvalue weighted by Crippen LogP contribution is -1.96. The third-order valence-electron chi connectivity index (χ3n) is 2.44. The minimum Gasteiger partial charge on any atom is -0.382 e. The van der Waals surface area contributed by atoms with Gasteiger partial charge in [-0.2, -0.15) is 0 Å². The van der Waals surface area contributed by atoms with Crippen molar-refractivity contribution in [2.75, 3.05) is 5.73 Å². The summed E-state index contributed by atoms with van der Waals surface area (Å²) in [4.78, 5) is 4.39. The third kappa shape index (κ3) is 1.16. The summed E-state index contributed by atoms with van der Waals surface area (Å²) in [6.07, 6.45) is 2.01. The van der Waals surface area contributed by atoms with Gasteiger partial charge in [-0.1, -0.05) is 19.9 Å². The zero-order chi connectivity index (χ0) is 10.3. The molecule has 74 valence electrons. The number of rotatable bonds is 1. The summed E-state index contributed by atoms with van der Waals surface area (Å²) in [6, 6.07) is 4.08. The van der Waals surface area contributed by atoms with E-state index in [9.17, 15) is 0 Å². The molecule has 0 aliphatic heterocycles. The van der Waals surface area contributed by atoms with Crippen LogP contribution in [-0.2, 0) is 0 Å². The number of hydrogen-bond donors (Lipinski definition) is 1. The van der Waals surface area contributed by atoms with Crippen LogP contribution >= 0.6 is 0 Å². The average molecular weight is 189 g/mol. The number of aryl methyl sites for hydroxylation is 1. The molecule has 0 unspecified atom stereocenters. The predicted octanol–water partition coefficient (Wildman–Crippen LogP) is 2.35. The summed E-state index contributed by atoms with van der Waals surface area (Å²) in [6.45, 7) is 6.30. The first-order valence-corrected chi connectivity index (χ1v) is 4.84. The smallest absolute Gasteiger partial charge is 0.150 e. The average Bonchev–Trinajstić information content (AvgIpc) is 2.45. The molecule has 0 bridgehead atoms. The van der Waals surface area contributed by atoms with Crippen LogP contribution < -0.4 is 5.73 Å². The van der Waals surface area contributed by atoms with Crippen molar-refractivity contribution in [2.24, 2.45) is 0 Å². The van der Waals surface area contributed by atoms with E-state index in [0.29, 0.717) is 11.7 Å². The van der Waals surface area contributed by atoms with Gasteiger partial charge >= 0.3 is 0 Å². The highest BCUT2D eigenvalue weighted by Gasteiger charge is 2.12. The third-order valence-corrected chi connectivity index (χ3v) is 2.44. The molecule has 2 aromatic rings. The lowest BCUT2D eigenvalue weighted by atomic mass is 10.2. The van der Waals surface area contributed by atoms with Gasteiger partial charge in [0.25, 0.3) is 0 Å². The second kappa shape index (κ2) is 3.01. The van der Waals surface area contributed by atoms with Crippen molar-refractivity contribution in [2.45, 2.75) is 26.7 Å². The number of aromatic nitrogens is 2. The topological polar surface area (TPSA) is 43.3 Å². The molecule has 0 aliphatic carbocycles. The second-order valence-electron chi connectivity index (χ2n) is 3.92. The summed E-state index contributed by atoms with van der Waals surface area (Å²) in [5.41, 5.74) is 8.09. The van der Waals surface area contributed by atoms with Crippen molar-refractivity contribution in [3.8, 4) is 0 Å². The molecule has 0 spiro atoms. The summed E-state index contributed by atoms with van der Waals surface area (Å²) < 4.78 is 2.08. The number of fused-ring (bicyclic) bond motifs is 1. The number of hydrogen-bond acceptors (Lipinski definition) is 2. The number of pyridine rings is 1. The minimum absolute atomic E-state index is 0.390. The molecule has 0 radical (unpaired) electrons. The van der Waals surface area contributed by atoms with Gasteiger partial charge in [0.15, 0.2) is 0 Å². The zero-order valence-electron chi connectivity index (χ0n) is 8.78. The van der Waals surface area contributed by atoms with E-state index in [1.54, 1.807) is 0 Å². The van der Waals surface area contributed by atoms with E-state index in [0.717, 1.165) is 11.3 Å². The fraction of sp³-hybridized carbons (Fsp3) is 0.364. The number of nitrogen functional groups attached to an aromatic ring is 1. The van der Waals surface area contributed by atoms with Crippen LogP contribution in [0.4, 0.5) is 5.82 Å². The van der Waals surface area contributed by atoms with Gasteiger partial charge in [-0.05, 0) is 18.6 Å². The van der Waals surface area contributed by atoms with Gasteiger partial charge in [-0.3, -0.25) is 0 Å². The minimum atomic E-state index is 0.390. The lowest BCUT2D eigenvalue weighted by molar-refractivity contribution is 0.770. The highest BCUT2D eigenvalue weighted by molar-refractivity contribution is 5.71. The molecular weight excluding hydrogens is 174 g/mol. The first kappa shape index (κ1) is 9.06. The van der Waals surface area contributed by atoms with Crippen molar-refractivity contribution >= 4 is 11.3 Å². The first-order valence-electron chi connectivity index (χ1n) is 4.84. The molecule has 2 rings (SSSR count). The van der Waals surface area contributed by atoms with Crippen LogP contribution in [0, 0.1) is 6.92 Å². The monoisotopic (exact) mass is 189 g/mol. The molecule has 2 N–H and O–H groups in total. The van der Waals surface area contributed by atoms with Crippen molar-refractivity contribution in [1.29, 1.82) is 0 Å². The van der Waals surface area contributed by atoms with Crippen LogP contribution in [0.5, 0.6) is 0 Å². The molecule has 0 aromatic carbocycles. The van der Waals surface area contributed by atoms with Gasteiger partial charge in [-0.15, -0.1) is 0 Å². The Bertz CT molecular complexity index is 469. The van der Waals surface area contributed by atoms with E-state index < -0.39 is 0 Å². The molecule has 0 fully saturated rings. The Labute approximate surface area is 83.6 Å². The molecule has 3 heteroatoms. The van der Waals surface area contributed by atoms with Gasteiger partial charge in [-0.25, -0.2) is 4.98 Å². The summed E-state index contributed by atoms with van der Waals surface area (Å²) in [7, 11) is 0. The molecule has 2 heterocycles. The van der Waals surface area contributed by atoms with E-state index in [4.69, 9.17) is 5.73 Å². The van der Waals surface area contributed by atoms with Crippen molar-refractivity contribution in [3.05, 3.63) is 29.7 Å². The Kier molecular flexibility index (Phi) is 1.95. The molecule has 14 heavy (non-hydrogen) atoms. The van der Waals surface area contributed by atoms with Gasteiger partial charge in [0.1, 0.15) is 11.6 Å². The normalized spacial score (nSPS) is 11.4. The molecule has 3 nitrogen and oxygen atoms in total. The maximum atomic E-state index is 5.88. The Hall–Kier alpha value is -1.51. The van der Waals surface area contributed by atoms with E-state index in [1.165, 1.54) is 5.56 Å². The van der Waals surface area contributed by atoms with E-state index in [-0.39, 0.29) is 0 Å². The number of anilines is 1. The Morgan fingerprint density at radius 3 is 2.79 bits per heavy atom. The molecule has 0 amide bonds. The molecule has 0 saturated carbocycles. The molecule has 0 atom stereocenters. The van der Waals surface area contributed by atoms with Crippen LogP contribution in [0.3, 0.4) is 0 Å². The SMILES string of the molecule is Cc1cccn2c(C(C)C)nc(N)c12. The van der Waals surface area contributed by atoms with E-state index in [1.807, 2.05) is 12.3 Å². The molecular formula is C11H15N3. The van der Waals surface area contributed by atoms with Gasteiger partial charge < -0.3 is 10.1 Å². The van der Waals surface area contributed by atoms with Crippen LogP contribution in [0.15, 0.2) is 18.3 Å². The molecule has 0 aliphatic rings. The zero-order valence-corrected chi connectivity index (χ0v) is 8.78. The Balaban J connectivity index is 2.84. The quantitative estimate of drug-likeness (QED) is 0.748. The van der Waals surface area contributed by atoms with Gasteiger partial charge in [0.2, 0.25) is 0 Å². The standard InChI is InChI=1S/C11H15N3/c1-7(2)11-13-10(12)9-8(3)5-4-6-14(9)11/h4-7H,12H2,1-3H3. The maximum absolute atomic E-state index is 5.88. The Morgan fingerprint density at radius 2 is 2.14 bits per heavy atom. The fourth-order valence-electron chi connectivity index (χ4n) is 1.77. The lowest BCUT2D eigenvalue weighted by Gasteiger charge is -2.04. The van der Waals surface area contributed by atoms with Crippen molar-refractivity contribution in [3.63, 3.8) is 0 Å². The Morgan fingerprint density at radius 1 is 1.43 bits per heavy atom. The summed E-state index contributed by atoms with van der Waals surface area (Å²) >= 11 is 0. The summed E-state index contributed by atoms with van der Waals surface area (Å²) in [5.74, 6) is 2.05.